The Bertz CT molecular complexity index is 148. The van der Waals surface area contributed by atoms with Crippen LogP contribution < -0.4 is 0 Å². The average Bonchev–Trinajstić information content (AvgIpc) is 2.00. The summed E-state index contributed by atoms with van der Waals surface area (Å²) in [6.45, 7) is 10.1. The molecule has 0 saturated heterocycles. The number of ketones is 1. The van der Waals surface area contributed by atoms with E-state index in [9.17, 15) is 4.79 Å². The van der Waals surface area contributed by atoms with E-state index in [4.69, 9.17) is 4.74 Å². The lowest BCUT2D eigenvalue weighted by molar-refractivity contribution is -0.133. The molecule has 0 bridgehead atoms. The molecule has 0 aromatic heterocycles. The van der Waals surface area contributed by atoms with Crippen molar-refractivity contribution in [3.8, 4) is 0 Å². The number of Topliss-reactive ketones (excluding diaryl/α,β-unsaturated/α-hetero) is 1. The van der Waals surface area contributed by atoms with Gasteiger partial charge in [-0.15, -0.1) is 0 Å². The Morgan fingerprint density at radius 1 is 1.42 bits per heavy atom. The first-order valence-corrected chi connectivity index (χ1v) is 4.55. The minimum Gasteiger partial charge on any atom is -0.371 e. The molecule has 2 nitrogen and oxygen atoms in total. The molecule has 0 N–H and O–H groups in total. The van der Waals surface area contributed by atoms with Crippen LogP contribution in [0.4, 0.5) is 0 Å². The largest absolute Gasteiger partial charge is 0.371 e. The zero-order chi connectivity index (χ0) is 9.78. The van der Waals surface area contributed by atoms with Crippen LogP contribution in [-0.2, 0) is 9.53 Å². The topological polar surface area (TPSA) is 26.3 Å². The van der Waals surface area contributed by atoms with Gasteiger partial charge < -0.3 is 4.74 Å². The zero-order valence-corrected chi connectivity index (χ0v) is 8.81. The van der Waals surface area contributed by atoms with Crippen LogP contribution in [0.15, 0.2) is 0 Å². The monoisotopic (exact) mass is 172 g/mol. The number of carbonyl (C=O) groups excluding carboxylic acids is 1. The molecule has 0 aromatic carbocycles. The standard InChI is InChI=1S/C10H20O2/c1-6-10(4,5)9(11)7-12-8(2)3/h8H,6-7H2,1-5H3. The molecule has 0 aromatic rings. The fourth-order valence-corrected chi connectivity index (χ4v) is 0.635. The minimum atomic E-state index is -0.227. The minimum absolute atomic E-state index is 0.140. The van der Waals surface area contributed by atoms with E-state index in [1.165, 1.54) is 0 Å². The van der Waals surface area contributed by atoms with Crippen LogP contribution in [0.1, 0.15) is 41.0 Å². The Morgan fingerprint density at radius 2 is 1.92 bits per heavy atom. The van der Waals surface area contributed by atoms with Gasteiger partial charge in [0.15, 0.2) is 5.78 Å². The molecule has 12 heavy (non-hydrogen) atoms. The molecule has 0 aliphatic carbocycles. The zero-order valence-electron chi connectivity index (χ0n) is 8.81. The van der Waals surface area contributed by atoms with Crippen LogP contribution in [0.25, 0.3) is 0 Å². The lowest BCUT2D eigenvalue weighted by Gasteiger charge is -2.21. The summed E-state index contributed by atoms with van der Waals surface area (Å²) in [5.74, 6) is 0.193. The van der Waals surface area contributed by atoms with Gasteiger partial charge in [0.25, 0.3) is 0 Å². The molecule has 0 atom stereocenters. The van der Waals surface area contributed by atoms with E-state index in [0.717, 1.165) is 6.42 Å². The Kier molecular flexibility index (Phi) is 4.46. The summed E-state index contributed by atoms with van der Waals surface area (Å²) in [5, 5.41) is 0. The van der Waals surface area contributed by atoms with Crippen LogP contribution >= 0.6 is 0 Å². The molecule has 72 valence electrons. The number of hydrogen-bond acceptors (Lipinski definition) is 2. The van der Waals surface area contributed by atoms with E-state index >= 15 is 0 Å². The Hall–Kier alpha value is -0.370. The third kappa shape index (κ3) is 3.86. The Morgan fingerprint density at radius 3 is 2.25 bits per heavy atom. The van der Waals surface area contributed by atoms with E-state index in [1.54, 1.807) is 0 Å². The predicted octanol–water partition coefficient (Wildman–Crippen LogP) is 2.42. The second-order valence-electron chi connectivity index (χ2n) is 4.02. The van der Waals surface area contributed by atoms with Gasteiger partial charge in [-0.3, -0.25) is 4.79 Å². The fourth-order valence-electron chi connectivity index (χ4n) is 0.635. The van der Waals surface area contributed by atoms with Crippen molar-refractivity contribution < 1.29 is 9.53 Å². The number of hydrogen-bond donors (Lipinski definition) is 0. The van der Waals surface area contributed by atoms with Gasteiger partial charge in [-0.2, -0.15) is 0 Å². The highest BCUT2D eigenvalue weighted by atomic mass is 16.5. The third-order valence-corrected chi connectivity index (χ3v) is 2.19. The Balaban J connectivity index is 3.88. The molecule has 0 fully saturated rings. The molecular formula is C10H20O2. The van der Waals surface area contributed by atoms with E-state index in [1.807, 2.05) is 34.6 Å². The maximum atomic E-state index is 11.5. The second kappa shape index (κ2) is 4.61. The lowest BCUT2D eigenvalue weighted by atomic mass is 9.86. The second-order valence-corrected chi connectivity index (χ2v) is 4.02. The molecule has 0 aliphatic heterocycles. The van der Waals surface area contributed by atoms with Crippen molar-refractivity contribution in [2.24, 2.45) is 5.41 Å². The highest BCUT2D eigenvalue weighted by molar-refractivity contribution is 5.85. The molecule has 0 saturated carbocycles. The summed E-state index contributed by atoms with van der Waals surface area (Å²) in [4.78, 5) is 11.5. The van der Waals surface area contributed by atoms with Crippen molar-refractivity contribution in [1.82, 2.24) is 0 Å². The maximum Gasteiger partial charge on any atom is 0.164 e. The van der Waals surface area contributed by atoms with E-state index < -0.39 is 0 Å². The van der Waals surface area contributed by atoms with Crippen molar-refractivity contribution in [1.29, 1.82) is 0 Å². The maximum absolute atomic E-state index is 11.5. The van der Waals surface area contributed by atoms with Crippen molar-refractivity contribution in [2.75, 3.05) is 6.61 Å². The SMILES string of the molecule is CCC(C)(C)C(=O)COC(C)C. The van der Waals surface area contributed by atoms with Crippen molar-refractivity contribution in [3.63, 3.8) is 0 Å². The van der Waals surface area contributed by atoms with Gasteiger partial charge in [0.1, 0.15) is 6.61 Å². The van der Waals surface area contributed by atoms with Gasteiger partial charge in [-0.1, -0.05) is 20.8 Å². The van der Waals surface area contributed by atoms with Crippen LogP contribution in [0.5, 0.6) is 0 Å². The quantitative estimate of drug-likeness (QED) is 0.636. The third-order valence-electron chi connectivity index (χ3n) is 2.19. The van der Waals surface area contributed by atoms with Gasteiger partial charge in [0, 0.05) is 5.41 Å². The molecule has 0 heterocycles. The van der Waals surface area contributed by atoms with E-state index in [0.29, 0.717) is 0 Å². The molecule has 0 amide bonds. The first-order chi connectivity index (χ1) is 5.40. The molecule has 2 heteroatoms. The molecule has 0 rings (SSSR count). The lowest BCUT2D eigenvalue weighted by Crippen LogP contribution is -2.28. The van der Waals surface area contributed by atoms with Crippen molar-refractivity contribution in [3.05, 3.63) is 0 Å². The normalized spacial score (nSPS) is 12.2. The smallest absolute Gasteiger partial charge is 0.164 e. The summed E-state index contributed by atoms with van der Waals surface area (Å²) in [7, 11) is 0. The highest BCUT2D eigenvalue weighted by Gasteiger charge is 2.24. The predicted molar refractivity (Wildman–Crippen MR) is 50.2 cm³/mol. The molecule has 0 unspecified atom stereocenters. The fraction of sp³-hybridized carbons (Fsp3) is 0.900. The van der Waals surface area contributed by atoms with Gasteiger partial charge in [0.05, 0.1) is 6.10 Å². The molecule has 0 radical (unpaired) electrons. The summed E-state index contributed by atoms with van der Waals surface area (Å²) in [5.41, 5.74) is -0.227. The summed E-state index contributed by atoms with van der Waals surface area (Å²) >= 11 is 0. The number of carbonyl (C=O) groups is 1. The van der Waals surface area contributed by atoms with Crippen LogP contribution in [0.2, 0.25) is 0 Å². The van der Waals surface area contributed by atoms with Crippen LogP contribution in [0.3, 0.4) is 0 Å². The number of rotatable bonds is 5. The average molecular weight is 172 g/mol. The van der Waals surface area contributed by atoms with Gasteiger partial charge in [-0.25, -0.2) is 0 Å². The first kappa shape index (κ1) is 11.6. The molecule has 0 aliphatic rings. The molecular weight excluding hydrogens is 152 g/mol. The number of ether oxygens (including phenoxy) is 1. The summed E-state index contributed by atoms with van der Waals surface area (Å²) < 4.78 is 5.24. The highest BCUT2D eigenvalue weighted by Crippen LogP contribution is 2.20. The van der Waals surface area contributed by atoms with Gasteiger partial charge >= 0.3 is 0 Å². The van der Waals surface area contributed by atoms with Gasteiger partial charge in [-0.05, 0) is 20.3 Å². The summed E-state index contributed by atoms with van der Waals surface area (Å²) in [6, 6.07) is 0. The van der Waals surface area contributed by atoms with E-state index in [-0.39, 0.29) is 23.9 Å². The van der Waals surface area contributed by atoms with Gasteiger partial charge in [0.2, 0.25) is 0 Å². The van der Waals surface area contributed by atoms with Crippen LogP contribution in [0, 0.1) is 5.41 Å². The van der Waals surface area contributed by atoms with E-state index in [2.05, 4.69) is 0 Å². The van der Waals surface area contributed by atoms with Crippen LogP contribution in [-0.4, -0.2) is 18.5 Å². The molecule has 0 spiro atoms. The Labute approximate surface area is 75.3 Å². The first-order valence-electron chi connectivity index (χ1n) is 4.55. The van der Waals surface area contributed by atoms with Crippen molar-refractivity contribution >= 4 is 5.78 Å². The van der Waals surface area contributed by atoms with Crippen molar-refractivity contribution in [2.45, 2.75) is 47.1 Å². The summed E-state index contributed by atoms with van der Waals surface area (Å²) in [6.07, 6.45) is 1.01.